The van der Waals surface area contributed by atoms with E-state index in [2.05, 4.69) is 37.5 Å². The van der Waals surface area contributed by atoms with Crippen LogP contribution in [0.3, 0.4) is 0 Å². The van der Waals surface area contributed by atoms with E-state index in [0.717, 1.165) is 22.8 Å². The summed E-state index contributed by atoms with van der Waals surface area (Å²) in [5.41, 5.74) is 1.98. The molecule has 2 heteroatoms. The van der Waals surface area contributed by atoms with Gasteiger partial charge in [0, 0.05) is 11.6 Å². The largest absolute Gasteiger partial charge is 0.301 e. The molecule has 0 amide bonds. The molecule has 2 saturated carbocycles. The van der Waals surface area contributed by atoms with E-state index >= 15 is 0 Å². The Morgan fingerprint density at radius 1 is 0.783 bits per heavy atom. The smallest absolute Gasteiger partial charge is 0.0181 e. The van der Waals surface area contributed by atoms with Crippen LogP contribution in [0.4, 0.5) is 0 Å². The van der Waals surface area contributed by atoms with Gasteiger partial charge in [-0.3, -0.25) is 4.90 Å². The Kier molecular flexibility index (Phi) is 3.89. The molecule has 0 atom stereocenters. The molecule has 2 nitrogen and oxygen atoms in total. The summed E-state index contributed by atoms with van der Waals surface area (Å²) in [4.78, 5) is 5.54. The van der Waals surface area contributed by atoms with Crippen molar-refractivity contribution in [2.24, 2.45) is 16.7 Å². The van der Waals surface area contributed by atoms with Crippen LogP contribution in [-0.4, -0.2) is 47.6 Å². The van der Waals surface area contributed by atoms with Crippen LogP contribution >= 0.6 is 0 Å². The highest BCUT2D eigenvalue weighted by molar-refractivity contribution is 5.07. The van der Waals surface area contributed by atoms with Gasteiger partial charge < -0.3 is 4.90 Å². The minimum Gasteiger partial charge on any atom is -0.301 e. The molecule has 0 radical (unpaired) electrons. The second kappa shape index (κ2) is 5.46. The minimum atomic E-state index is 0.441. The Morgan fingerprint density at radius 3 is 1.78 bits per heavy atom. The van der Waals surface area contributed by atoms with Crippen molar-refractivity contribution in [1.29, 1.82) is 0 Å². The third-order valence-electron chi connectivity index (χ3n) is 8.54. The number of likely N-dealkylation sites (tertiary alicyclic amines) is 2. The lowest BCUT2D eigenvalue weighted by atomic mass is 9.53. The summed E-state index contributed by atoms with van der Waals surface area (Å²) in [5, 5.41) is 0. The van der Waals surface area contributed by atoms with E-state index in [-0.39, 0.29) is 0 Å². The summed E-state index contributed by atoms with van der Waals surface area (Å²) in [6, 6.07) is 0.739. The zero-order valence-corrected chi connectivity index (χ0v) is 16.0. The average molecular weight is 319 g/mol. The highest BCUT2D eigenvalue weighted by Crippen LogP contribution is 2.59. The van der Waals surface area contributed by atoms with Crippen molar-refractivity contribution in [2.45, 2.75) is 90.6 Å². The Labute approximate surface area is 144 Å². The second-order valence-corrected chi connectivity index (χ2v) is 10.4. The molecule has 132 valence electrons. The van der Waals surface area contributed by atoms with E-state index in [0.29, 0.717) is 5.54 Å². The molecule has 2 aliphatic carbocycles. The first-order valence-electron chi connectivity index (χ1n) is 10.3. The summed E-state index contributed by atoms with van der Waals surface area (Å²) in [7, 11) is 0. The maximum atomic E-state index is 2.86. The highest BCUT2D eigenvalue weighted by Gasteiger charge is 2.54. The van der Waals surface area contributed by atoms with Crippen molar-refractivity contribution in [2.75, 3.05) is 26.2 Å². The monoisotopic (exact) mass is 318 g/mol. The quantitative estimate of drug-likeness (QED) is 0.753. The van der Waals surface area contributed by atoms with Crippen LogP contribution in [0.5, 0.6) is 0 Å². The Bertz CT molecular complexity index is 423. The molecule has 0 bridgehead atoms. The zero-order valence-electron chi connectivity index (χ0n) is 16.0. The van der Waals surface area contributed by atoms with Crippen LogP contribution in [0.1, 0.15) is 79.1 Å². The van der Waals surface area contributed by atoms with Gasteiger partial charge in [-0.25, -0.2) is 0 Å². The van der Waals surface area contributed by atoms with Gasteiger partial charge in [-0.2, -0.15) is 0 Å². The molecule has 2 saturated heterocycles. The predicted octanol–water partition coefficient (Wildman–Crippen LogP) is 4.54. The fourth-order valence-corrected chi connectivity index (χ4v) is 5.90. The molecule has 0 aromatic carbocycles. The molecular weight excluding hydrogens is 280 g/mol. The maximum Gasteiger partial charge on any atom is 0.0181 e. The summed E-state index contributed by atoms with van der Waals surface area (Å²) in [5.74, 6) is 0.946. The van der Waals surface area contributed by atoms with Gasteiger partial charge in [0.2, 0.25) is 0 Å². The first-order chi connectivity index (χ1) is 10.8. The average Bonchev–Trinajstić information content (AvgIpc) is 3.24. The van der Waals surface area contributed by atoms with Crippen molar-refractivity contribution in [3.63, 3.8) is 0 Å². The molecule has 0 aromatic rings. The zero-order chi connectivity index (χ0) is 16.3. The van der Waals surface area contributed by atoms with Gasteiger partial charge in [0.1, 0.15) is 0 Å². The fraction of sp³-hybridized carbons (Fsp3) is 1.00. The van der Waals surface area contributed by atoms with Gasteiger partial charge in [-0.1, -0.05) is 0 Å². The van der Waals surface area contributed by atoms with E-state index < -0.39 is 0 Å². The molecule has 0 aromatic heterocycles. The maximum absolute atomic E-state index is 2.86. The second-order valence-electron chi connectivity index (χ2n) is 10.4. The Morgan fingerprint density at radius 2 is 1.30 bits per heavy atom. The summed E-state index contributed by atoms with van der Waals surface area (Å²) in [6.45, 7) is 15.3. The SMILES string of the molecule is CC(C)N1CCC2(CC1)CC(C(C)(C)N1CCC3(CC1)CC3)C2. The molecule has 23 heavy (non-hydrogen) atoms. The van der Waals surface area contributed by atoms with Crippen molar-refractivity contribution in [3.05, 3.63) is 0 Å². The van der Waals surface area contributed by atoms with Crippen LogP contribution in [0.15, 0.2) is 0 Å². The standard InChI is InChI=1S/C21H38N2/c1-17(2)22-11-7-21(8-12-22)15-18(16-21)19(3,4)23-13-9-20(5-6-20)10-14-23/h17-18H,5-16H2,1-4H3. The van der Waals surface area contributed by atoms with E-state index in [9.17, 15) is 0 Å². The van der Waals surface area contributed by atoms with Gasteiger partial charge in [-0.15, -0.1) is 0 Å². The normalized spacial score (nSPS) is 31.7. The summed E-state index contributed by atoms with van der Waals surface area (Å²) < 4.78 is 0. The van der Waals surface area contributed by atoms with E-state index in [1.807, 2.05) is 0 Å². The Balaban J connectivity index is 1.30. The number of nitrogens with zero attached hydrogens (tertiary/aromatic N) is 2. The van der Waals surface area contributed by atoms with Gasteiger partial charge in [0.05, 0.1) is 0 Å². The van der Waals surface area contributed by atoms with Gasteiger partial charge in [0.25, 0.3) is 0 Å². The van der Waals surface area contributed by atoms with Crippen molar-refractivity contribution < 1.29 is 0 Å². The van der Waals surface area contributed by atoms with Crippen LogP contribution in [0.25, 0.3) is 0 Å². The van der Waals surface area contributed by atoms with Gasteiger partial charge in [0.15, 0.2) is 0 Å². The van der Waals surface area contributed by atoms with Gasteiger partial charge in [-0.05, 0) is 122 Å². The summed E-state index contributed by atoms with van der Waals surface area (Å²) in [6.07, 6.45) is 12.0. The molecule has 2 heterocycles. The summed E-state index contributed by atoms with van der Waals surface area (Å²) >= 11 is 0. The van der Waals surface area contributed by atoms with Crippen LogP contribution in [0.2, 0.25) is 0 Å². The molecule has 0 N–H and O–H groups in total. The van der Waals surface area contributed by atoms with Crippen LogP contribution in [-0.2, 0) is 0 Å². The number of rotatable bonds is 3. The lowest BCUT2D eigenvalue weighted by Gasteiger charge is -2.60. The fourth-order valence-electron chi connectivity index (χ4n) is 5.90. The number of hydrogen-bond donors (Lipinski definition) is 0. The highest BCUT2D eigenvalue weighted by atomic mass is 15.2. The lowest BCUT2D eigenvalue weighted by Crippen LogP contribution is -2.60. The molecule has 4 rings (SSSR count). The first kappa shape index (κ1) is 16.4. The molecular formula is C21H38N2. The molecule has 0 unspecified atom stereocenters. The van der Waals surface area contributed by atoms with E-state index in [1.165, 1.54) is 77.5 Å². The van der Waals surface area contributed by atoms with Gasteiger partial charge >= 0.3 is 0 Å². The van der Waals surface area contributed by atoms with Crippen molar-refractivity contribution in [3.8, 4) is 0 Å². The van der Waals surface area contributed by atoms with Crippen LogP contribution < -0.4 is 0 Å². The number of piperidine rings is 2. The molecule has 2 spiro atoms. The van der Waals surface area contributed by atoms with Crippen molar-refractivity contribution in [1.82, 2.24) is 9.80 Å². The lowest BCUT2D eigenvalue weighted by molar-refractivity contribution is -0.0923. The molecule has 4 aliphatic rings. The van der Waals surface area contributed by atoms with E-state index in [4.69, 9.17) is 0 Å². The first-order valence-corrected chi connectivity index (χ1v) is 10.3. The third-order valence-corrected chi connectivity index (χ3v) is 8.54. The predicted molar refractivity (Wildman–Crippen MR) is 97.7 cm³/mol. The Hall–Kier alpha value is -0.0800. The number of hydrogen-bond acceptors (Lipinski definition) is 2. The third kappa shape index (κ3) is 2.88. The topological polar surface area (TPSA) is 6.48 Å². The van der Waals surface area contributed by atoms with Crippen molar-refractivity contribution >= 4 is 0 Å². The van der Waals surface area contributed by atoms with E-state index in [1.54, 1.807) is 0 Å². The van der Waals surface area contributed by atoms with Crippen LogP contribution in [0, 0.1) is 16.7 Å². The minimum absolute atomic E-state index is 0.441. The molecule has 4 fully saturated rings. The molecule has 2 aliphatic heterocycles.